The number of rotatable bonds is 6. The summed E-state index contributed by atoms with van der Waals surface area (Å²) in [6.07, 6.45) is 5.17. The van der Waals surface area contributed by atoms with E-state index in [-0.39, 0.29) is 17.7 Å². The van der Waals surface area contributed by atoms with Crippen LogP contribution in [-0.2, 0) is 14.6 Å². The van der Waals surface area contributed by atoms with Crippen molar-refractivity contribution in [2.24, 2.45) is 0 Å². The van der Waals surface area contributed by atoms with Gasteiger partial charge in [0.15, 0.2) is 0 Å². The molecule has 1 saturated heterocycles. The van der Waals surface area contributed by atoms with Crippen molar-refractivity contribution in [3.05, 3.63) is 0 Å². The molecular weight excluding hydrogens is 252 g/mol. The highest BCUT2D eigenvalue weighted by atomic mass is 32.2. The first-order valence-electron chi connectivity index (χ1n) is 6.60. The van der Waals surface area contributed by atoms with Gasteiger partial charge in [-0.1, -0.05) is 0 Å². The average Bonchev–Trinajstić information content (AvgIpc) is 2.33. The molecular formula is C12H24N2O3S. The standard InChI is InChI=1S/C12H24N2O3S/c1-11(13-7-6-10-18(2,16)17)12(15)14-8-4-3-5-9-14/h11,13H,3-10H2,1-2H3. The lowest BCUT2D eigenvalue weighted by Gasteiger charge is -2.29. The van der Waals surface area contributed by atoms with Crippen molar-refractivity contribution in [2.45, 2.75) is 38.6 Å². The third-order valence-corrected chi connectivity index (χ3v) is 4.21. The topological polar surface area (TPSA) is 66.5 Å². The van der Waals surface area contributed by atoms with Gasteiger partial charge in [-0.2, -0.15) is 0 Å². The smallest absolute Gasteiger partial charge is 0.239 e. The van der Waals surface area contributed by atoms with Crippen LogP contribution in [0.15, 0.2) is 0 Å². The molecule has 6 heteroatoms. The van der Waals surface area contributed by atoms with E-state index < -0.39 is 9.84 Å². The van der Waals surface area contributed by atoms with Crippen molar-refractivity contribution >= 4 is 15.7 Å². The normalized spacial score (nSPS) is 18.7. The summed E-state index contributed by atoms with van der Waals surface area (Å²) in [5, 5.41) is 3.10. The number of hydrogen-bond donors (Lipinski definition) is 1. The Morgan fingerprint density at radius 1 is 1.28 bits per heavy atom. The Kier molecular flexibility index (Phi) is 6.08. The highest BCUT2D eigenvalue weighted by molar-refractivity contribution is 7.90. The summed E-state index contributed by atoms with van der Waals surface area (Å²) in [4.78, 5) is 13.9. The fourth-order valence-corrected chi connectivity index (χ4v) is 2.80. The lowest BCUT2D eigenvalue weighted by Crippen LogP contribution is -2.47. The van der Waals surface area contributed by atoms with Crippen LogP contribution in [0.3, 0.4) is 0 Å². The van der Waals surface area contributed by atoms with Crippen LogP contribution in [0.1, 0.15) is 32.6 Å². The number of carbonyl (C=O) groups is 1. The summed E-state index contributed by atoms with van der Waals surface area (Å²) in [5.41, 5.74) is 0. The first kappa shape index (κ1) is 15.4. The number of hydrogen-bond acceptors (Lipinski definition) is 4. The van der Waals surface area contributed by atoms with Crippen molar-refractivity contribution in [3.8, 4) is 0 Å². The second kappa shape index (κ2) is 7.09. The molecule has 1 heterocycles. The first-order chi connectivity index (χ1) is 8.40. The minimum atomic E-state index is -2.90. The van der Waals surface area contributed by atoms with E-state index in [4.69, 9.17) is 0 Å². The van der Waals surface area contributed by atoms with E-state index in [1.165, 1.54) is 12.7 Å². The number of piperidine rings is 1. The molecule has 1 N–H and O–H groups in total. The fraction of sp³-hybridized carbons (Fsp3) is 0.917. The van der Waals surface area contributed by atoms with Gasteiger partial charge in [0.05, 0.1) is 11.8 Å². The van der Waals surface area contributed by atoms with E-state index in [0.717, 1.165) is 25.9 Å². The molecule has 1 rings (SSSR count). The van der Waals surface area contributed by atoms with Crippen molar-refractivity contribution in [2.75, 3.05) is 31.6 Å². The predicted molar refractivity (Wildman–Crippen MR) is 72.2 cm³/mol. The maximum Gasteiger partial charge on any atom is 0.239 e. The summed E-state index contributed by atoms with van der Waals surface area (Å²) in [6.45, 7) is 4.12. The molecule has 0 bridgehead atoms. The van der Waals surface area contributed by atoms with Gasteiger partial charge in [0.1, 0.15) is 9.84 Å². The molecule has 0 radical (unpaired) electrons. The minimum absolute atomic E-state index is 0.133. The molecule has 0 aromatic rings. The Balaban J connectivity index is 2.23. The Bertz CT molecular complexity index is 362. The first-order valence-corrected chi connectivity index (χ1v) is 8.66. The number of nitrogens with zero attached hydrogens (tertiary/aromatic N) is 1. The summed E-state index contributed by atoms with van der Waals surface area (Å²) in [7, 11) is -2.90. The molecule has 0 aromatic heterocycles. The minimum Gasteiger partial charge on any atom is -0.341 e. The zero-order chi connectivity index (χ0) is 13.6. The zero-order valence-corrected chi connectivity index (χ0v) is 12.1. The van der Waals surface area contributed by atoms with Crippen molar-refractivity contribution in [1.29, 1.82) is 0 Å². The van der Waals surface area contributed by atoms with Gasteiger partial charge in [-0.3, -0.25) is 4.79 Å². The van der Waals surface area contributed by atoms with Gasteiger partial charge >= 0.3 is 0 Å². The number of sulfone groups is 1. The monoisotopic (exact) mass is 276 g/mol. The van der Waals surface area contributed by atoms with Crippen molar-refractivity contribution in [1.82, 2.24) is 10.2 Å². The van der Waals surface area contributed by atoms with Gasteiger partial charge in [-0.15, -0.1) is 0 Å². The lowest BCUT2D eigenvalue weighted by atomic mass is 10.1. The molecule has 1 aliphatic rings. The van der Waals surface area contributed by atoms with Crippen LogP contribution in [-0.4, -0.2) is 56.9 Å². The van der Waals surface area contributed by atoms with Gasteiger partial charge in [0.2, 0.25) is 5.91 Å². The number of likely N-dealkylation sites (tertiary alicyclic amines) is 1. The summed E-state index contributed by atoms with van der Waals surface area (Å²) < 4.78 is 21.9. The van der Waals surface area contributed by atoms with Gasteiger partial charge in [-0.25, -0.2) is 8.42 Å². The molecule has 0 aliphatic carbocycles. The number of carbonyl (C=O) groups excluding carboxylic acids is 1. The molecule has 1 aliphatic heterocycles. The third-order valence-electron chi connectivity index (χ3n) is 3.18. The third kappa shape index (κ3) is 5.82. The molecule has 0 spiro atoms. The summed E-state index contributed by atoms with van der Waals surface area (Å²) in [5.74, 6) is 0.305. The average molecular weight is 276 g/mol. The van der Waals surface area contributed by atoms with Gasteiger partial charge < -0.3 is 10.2 Å². The Morgan fingerprint density at radius 2 is 1.89 bits per heavy atom. The fourth-order valence-electron chi connectivity index (χ4n) is 2.13. The van der Waals surface area contributed by atoms with E-state index in [1.54, 1.807) is 0 Å². The zero-order valence-electron chi connectivity index (χ0n) is 11.3. The van der Waals surface area contributed by atoms with E-state index in [9.17, 15) is 13.2 Å². The summed E-state index contributed by atoms with van der Waals surface area (Å²) in [6, 6.07) is -0.220. The van der Waals surface area contributed by atoms with E-state index in [2.05, 4.69) is 5.32 Å². The predicted octanol–water partition coefficient (Wildman–Crippen LogP) is 0.412. The molecule has 1 fully saturated rings. The molecule has 0 saturated carbocycles. The van der Waals surface area contributed by atoms with E-state index in [1.807, 2.05) is 11.8 Å². The lowest BCUT2D eigenvalue weighted by molar-refractivity contribution is -0.133. The highest BCUT2D eigenvalue weighted by Gasteiger charge is 2.21. The van der Waals surface area contributed by atoms with Crippen LogP contribution in [0.2, 0.25) is 0 Å². The summed E-state index contributed by atoms with van der Waals surface area (Å²) >= 11 is 0. The Labute approximate surface area is 110 Å². The van der Waals surface area contributed by atoms with Crippen molar-refractivity contribution < 1.29 is 13.2 Å². The van der Waals surface area contributed by atoms with E-state index >= 15 is 0 Å². The number of amides is 1. The molecule has 18 heavy (non-hydrogen) atoms. The quantitative estimate of drug-likeness (QED) is 0.714. The van der Waals surface area contributed by atoms with Gasteiger partial charge in [0, 0.05) is 19.3 Å². The molecule has 1 atom stereocenters. The maximum atomic E-state index is 12.0. The Morgan fingerprint density at radius 3 is 2.44 bits per heavy atom. The van der Waals surface area contributed by atoms with Crippen LogP contribution in [0.25, 0.3) is 0 Å². The van der Waals surface area contributed by atoms with Crippen LogP contribution in [0, 0.1) is 0 Å². The molecule has 5 nitrogen and oxygen atoms in total. The van der Waals surface area contributed by atoms with E-state index in [0.29, 0.717) is 13.0 Å². The SMILES string of the molecule is CC(NCCCS(C)(=O)=O)C(=O)N1CCCCC1. The highest BCUT2D eigenvalue weighted by Crippen LogP contribution is 2.09. The van der Waals surface area contributed by atoms with Crippen LogP contribution >= 0.6 is 0 Å². The molecule has 0 aromatic carbocycles. The molecule has 1 amide bonds. The van der Waals surface area contributed by atoms with Crippen LogP contribution < -0.4 is 5.32 Å². The second-order valence-corrected chi connectivity index (χ2v) is 7.30. The van der Waals surface area contributed by atoms with Gasteiger partial charge in [0.25, 0.3) is 0 Å². The maximum absolute atomic E-state index is 12.0. The Hall–Kier alpha value is -0.620. The molecule has 1 unspecified atom stereocenters. The van der Waals surface area contributed by atoms with Gasteiger partial charge in [-0.05, 0) is 39.2 Å². The number of nitrogens with one attached hydrogen (secondary N) is 1. The van der Waals surface area contributed by atoms with Crippen molar-refractivity contribution in [3.63, 3.8) is 0 Å². The van der Waals surface area contributed by atoms with Crippen LogP contribution in [0.5, 0.6) is 0 Å². The largest absolute Gasteiger partial charge is 0.341 e. The second-order valence-electron chi connectivity index (χ2n) is 5.05. The molecule has 106 valence electrons. The van der Waals surface area contributed by atoms with Crippen LogP contribution in [0.4, 0.5) is 0 Å².